The number of hydrogen-bond donors (Lipinski definition) is 0. The summed E-state index contributed by atoms with van der Waals surface area (Å²) in [6.07, 6.45) is 3.56. The quantitative estimate of drug-likeness (QED) is 0.573. The van der Waals surface area contributed by atoms with Gasteiger partial charge in [0.2, 0.25) is 11.8 Å². The number of aromatic nitrogens is 1. The summed E-state index contributed by atoms with van der Waals surface area (Å²) in [6, 6.07) is 21.9. The highest BCUT2D eigenvalue weighted by molar-refractivity contribution is 6.22. The molecule has 1 aromatic heterocycles. The molecule has 0 bridgehead atoms. The Labute approximate surface area is 188 Å². The van der Waals surface area contributed by atoms with Gasteiger partial charge in [0.25, 0.3) is 0 Å². The molecule has 0 radical (unpaired) electrons. The summed E-state index contributed by atoms with van der Waals surface area (Å²) in [4.78, 5) is 34.6. The van der Waals surface area contributed by atoms with Crippen LogP contribution in [0.5, 0.6) is 0 Å². The number of likely N-dealkylation sites (tertiary alicyclic amines) is 1. The maximum atomic E-state index is 13.4. The molecule has 0 saturated carbocycles. The van der Waals surface area contributed by atoms with Gasteiger partial charge in [-0.1, -0.05) is 48.5 Å². The van der Waals surface area contributed by atoms with Crippen LogP contribution in [0.15, 0.2) is 72.9 Å². The van der Waals surface area contributed by atoms with E-state index in [0.717, 1.165) is 36.5 Å². The number of nitrogens with zero attached hydrogens (tertiary/aromatic N) is 3. The minimum atomic E-state index is -0.565. The van der Waals surface area contributed by atoms with Crippen LogP contribution in [0, 0.1) is 12.3 Å². The van der Waals surface area contributed by atoms with Crippen molar-refractivity contribution in [1.29, 1.82) is 0 Å². The first kappa shape index (κ1) is 20.6. The Balaban J connectivity index is 1.29. The van der Waals surface area contributed by atoms with Gasteiger partial charge in [0.1, 0.15) is 0 Å². The normalized spacial score (nSPS) is 18.5. The molecule has 3 heterocycles. The fourth-order valence-corrected chi connectivity index (χ4v) is 4.91. The molecule has 2 fully saturated rings. The molecule has 1 spiro atoms. The second-order valence-electron chi connectivity index (χ2n) is 8.95. The van der Waals surface area contributed by atoms with Gasteiger partial charge in [-0.2, -0.15) is 0 Å². The van der Waals surface area contributed by atoms with Crippen LogP contribution in [0.2, 0.25) is 0 Å². The highest BCUT2D eigenvalue weighted by Crippen LogP contribution is 2.44. The molecular weight excluding hydrogens is 398 g/mol. The standard InChI is InChI=1S/C27H27N3O2/c1-20-6-5-15-28-24(20)19-29-16-13-27(14-17-29)18-25(31)30(26(27)32)23-11-9-22(10-12-23)21-7-3-2-4-8-21/h2-12,15H,13-14,16-19H2,1H3. The van der Waals surface area contributed by atoms with Gasteiger partial charge in [-0.15, -0.1) is 0 Å². The van der Waals surface area contributed by atoms with E-state index in [0.29, 0.717) is 24.9 Å². The lowest BCUT2D eigenvalue weighted by molar-refractivity contribution is -0.128. The Morgan fingerprint density at radius 2 is 1.56 bits per heavy atom. The molecule has 2 aromatic carbocycles. The summed E-state index contributed by atoms with van der Waals surface area (Å²) in [7, 11) is 0. The Morgan fingerprint density at radius 1 is 0.875 bits per heavy atom. The summed E-state index contributed by atoms with van der Waals surface area (Å²) in [5, 5.41) is 0. The number of carbonyl (C=O) groups is 2. The summed E-state index contributed by atoms with van der Waals surface area (Å²) in [5.41, 5.74) is 4.56. The van der Waals surface area contributed by atoms with Gasteiger partial charge in [0, 0.05) is 19.2 Å². The summed E-state index contributed by atoms with van der Waals surface area (Å²) in [6.45, 7) is 4.47. The molecule has 5 nitrogen and oxygen atoms in total. The first-order chi connectivity index (χ1) is 15.6. The number of amides is 2. The molecule has 2 aliphatic rings. The number of aryl methyl sites for hydroxylation is 1. The van der Waals surface area contributed by atoms with E-state index in [1.165, 1.54) is 10.5 Å². The lowest BCUT2D eigenvalue weighted by Crippen LogP contribution is -2.44. The molecule has 5 rings (SSSR count). The van der Waals surface area contributed by atoms with Gasteiger partial charge in [-0.25, -0.2) is 0 Å². The van der Waals surface area contributed by atoms with Crippen LogP contribution in [0.4, 0.5) is 5.69 Å². The maximum absolute atomic E-state index is 13.4. The largest absolute Gasteiger partial charge is 0.297 e. The van der Waals surface area contributed by atoms with Crippen LogP contribution in [0.25, 0.3) is 11.1 Å². The molecule has 2 saturated heterocycles. The van der Waals surface area contributed by atoms with Gasteiger partial charge < -0.3 is 0 Å². The summed E-state index contributed by atoms with van der Waals surface area (Å²) < 4.78 is 0. The van der Waals surface area contributed by atoms with Crippen LogP contribution in [0.3, 0.4) is 0 Å². The van der Waals surface area contributed by atoms with Gasteiger partial charge >= 0.3 is 0 Å². The highest BCUT2D eigenvalue weighted by atomic mass is 16.2. The zero-order valence-corrected chi connectivity index (χ0v) is 18.3. The van der Waals surface area contributed by atoms with Crippen LogP contribution in [-0.2, 0) is 16.1 Å². The molecule has 2 aliphatic heterocycles. The molecule has 5 heteroatoms. The molecule has 0 unspecified atom stereocenters. The van der Waals surface area contributed by atoms with Crippen molar-refractivity contribution in [3.63, 3.8) is 0 Å². The second-order valence-corrected chi connectivity index (χ2v) is 8.95. The molecule has 0 N–H and O–H groups in total. The van der Waals surface area contributed by atoms with E-state index in [2.05, 4.69) is 35.0 Å². The highest BCUT2D eigenvalue weighted by Gasteiger charge is 2.53. The smallest absolute Gasteiger partial charge is 0.240 e. The Bertz CT molecular complexity index is 1130. The lowest BCUT2D eigenvalue weighted by Gasteiger charge is -2.37. The molecule has 3 aromatic rings. The average Bonchev–Trinajstić information content (AvgIpc) is 3.06. The molecule has 0 aliphatic carbocycles. The van der Waals surface area contributed by atoms with E-state index in [1.807, 2.05) is 54.7 Å². The van der Waals surface area contributed by atoms with Crippen LogP contribution < -0.4 is 4.90 Å². The third-order valence-electron chi connectivity index (χ3n) is 6.93. The van der Waals surface area contributed by atoms with Crippen molar-refractivity contribution in [3.8, 4) is 11.1 Å². The minimum absolute atomic E-state index is 0.0383. The topological polar surface area (TPSA) is 53.5 Å². The Kier molecular flexibility index (Phi) is 5.35. The fraction of sp³-hybridized carbons (Fsp3) is 0.296. The number of hydrogen-bond acceptors (Lipinski definition) is 4. The number of rotatable bonds is 4. The zero-order valence-electron chi connectivity index (χ0n) is 18.3. The lowest BCUT2D eigenvalue weighted by atomic mass is 9.77. The van der Waals surface area contributed by atoms with Crippen molar-refractivity contribution < 1.29 is 9.59 Å². The van der Waals surface area contributed by atoms with Crippen molar-refractivity contribution in [1.82, 2.24) is 9.88 Å². The van der Waals surface area contributed by atoms with Gasteiger partial charge in [0.15, 0.2) is 0 Å². The first-order valence-corrected chi connectivity index (χ1v) is 11.2. The molecule has 162 valence electrons. The van der Waals surface area contributed by atoms with Crippen molar-refractivity contribution in [2.75, 3.05) is 18.0 Å². The van der Waals surface area contributed by atoms with Gasteiger partial charge in [0.05, 0.1) is 16.8 Å². The minimum Gasteiger partial charge on any atom is -0.297 e. The number of anilines is 1. The predicted molar refractivity (Wildman–Crippen MR) is 125 cm³/mol. The molecular formula is C27H27N3O2. The SMILES string of the molecule is Cc1cccnc1CN1CCC2(CC1)CC(=O)N(c1ccc(-c3ccccc3)cc1)C2=O. The third kappa shape index (κ3) is 3.73. The third-order valence-corrected chi connectivity index (χ3v) is 6.93. The number of imide groups is 1. The van der Waals surface area contributed by atoms with Gasteiger partial charge in [-0.3, -0.25) is 24.4 Å². The number of piperidine rings is 1. The van der Waals surface area contributed by atoms with Crippen molar-refractivity contribution >= 4 is 17.5 Å². The summed E-state index contributed by atoms with van der Waals surface area (Å²) in [5.74, 6) is -0.125. The second kappa shape index (κ2) is 8.32. The molecule has 32 heavy (non-hydrogen) atoms. The van der Waals surface area contributed by atoms with Crippen LogP contribution in [0.1, 0.15) is 30.5 Å². The summed E-state index contributed by atoms with van der Waals surface area (Å²) >= 11 is 0. The van der Waals surface area contributed by atoms with E-state index in [-0.39, 0.29) is 11.8 Å². The molecule has 2 amide bonds. The molecule has 0 atom stereocenters. The van der Waals surface area contributed by atoms with E-state index in [9.17, 15) is 9.59 Å². The van der Waals surface area contributed by atoms with E-state index in [1.54, 1.807) is 0 Å². The van der Waals surface area contributed by atoms with Gasteiger partial charge in [-0.05, 0) is 67.7 Å². The van der Waals surface area contributed by atoms with Crippen LogP contribution >= 0.6 is 0 Å². The zero-order chi connectivity index (χ0) is 22.1. The van der Waals surface area contributed by atoms with Crippen molar-refractivity contribution in [2.24, 2.45) is 5.41 Å². The van der Waals surface area contributed by atoms with E-state index in [4.69, 9.17) is 0 Å². The Morgan fingerprint density at radius 3 is 2.25 bits per heavy atom. The first-order valence-electron chi connectivity index (χ1n) is 11.2. The number of benzene rings is 2. The fourth-order valence-electron chi connectivity index (χ4n) is 4.91. The van der Waals surface area contributed by atoms with E-state index >= 15 is 0 Å². The predicted octanol–water partition coefficient (Wildman–Crippen LogP) is 4.60. The van der Waals surface area contributed by atoms with Crippen LogP contribution in [-0.4, -0.2) is 34.8 Å². The number of pyridine rings is 1. The monoisotopic (exact) mass is 425 g/mol. The van der Waals surface area contributed by atoms with Crippen molar-refractivity contribution in [2.45, 2.75) is 32.7 Å². The Hall–Kier alpha value is -3.31. The van der Waals surface area contributed by atoms with E-state index < -0.39 is 5.41 Å². The maximum Gasteiger partial charge on any atom is 0.240 e. The average molecular weight is 426 g/mol. The number of carbonyl (C=O) groups excluding carboxylic acids is 2. The van der Waals surface area contributed by atoms with Crippen molar-refractivity contribution in [3.05, 3.63) is 84.2 Å².